The van der Waals surface area contributed by atoms with Gasteiger partial charge in [0.1, 0.15) is 6.04 Å². The highest BCUT2D eigenvalue weighted by molar-refractivity contribution is 6.42. The highest BCUT2D eigenvalue weighted by atomic mass is 35.5. The molecule has 0 aliphatic carbocycles. The first-order valence-electron chi connectivity index (χ1n) is 11.7. The molecule has 0 aromatic heterocycles. The summed E-state index contributed by atoms with van der Waals surface area (Å²) in [5.41, 5.74) is 1.76. The van der Waals surface area contributed by atoms with Crippen LogP contribution in [-0.4, -0.2) is 42.5 Å². The first-order valence-corrected chi connectivity index (χ1v) is 12.5. The molecule has 0 spiro atoms. The smallest absolute Gasteiger partial charge is 0.242 e. The van der Waals surface area contributed by atoms with Gasteiger partial charge in [0.05, 0.1) is 23.3 Å². The van der Waals surface area contributed by atoms with E-state index in [1.807, 2.05) is 45.0 Å². The molecule has 8 heteroatoms. The summed E-state index contributed by atoms with van der Waals surface area (Å²) in [5.74, 6) is 1.03. The highest BCUT2D eigenvalue weighted by Gasteiger charge is 2.26. The van der Waals surface area contributed by atoms with Gasteiger partial charge in [-0.25, -0.2) is 0 Å². The third-order valence-electron chi connectivity index (χ3n) is 5.29. The van der Waals surface area contributed by atoms with Crippen molar-refractivity contribution in [2.24, 2.45) is 0 Å². The van der Waals surface area contributed by atoms with Gasteiger partial charge in [-0.15, -0.1) is 0 Å². The number of nitrogens with one attached hydrogen (secondary N) is 1. The Morgan fingerprint density at radius 2 is 1.62 bits per heavy atom. The van der Waals surface area contributed by atoms with Crippen molar-refractivity contribution in [1.29, 1.82) is 0 Å². The Morgan fingerprint density at radius 3 is 2.26 bits per heavy atom. The minimum Gasteiger partial charge on any atom is -0.490 e. The quantitative estimate of drug-likeness (QED) is 0.378. The zero-order valence-electron chi connectivity index (χ0n) is 20.3. The van der Waals surface area contributed by atoms with Crippen LogP contribution in [-0.2, 0) is 22.6 Å². The monoisotopic (exact) mass is 508 g/mol. The number of benzene rings is 2. The lowest BCUT2D eigenvalue weighted by molar-refractivity contribution is -0.140. The summed E-state index contributed by atoms with van der Waals surface area (Å²) in [6.07, 6.45) is 1.57. The van der Waals surface area contributed by atoms with Crippen LogP contribution in [0.4, 0.5) is 0 Å². The van der Waals surface area contributed by atoms with Crippen molar-refractivity contribution in [2.45, 2.75) is 59.5 Å². The van der Waals surface area contributed by atoms with Crippen molar-refractivity contribution in [1.82, 2.24) is 10.2 Å². The van der Waals surface area contributed by atoms with E-state index in [1.54, 1.807) is 24.0 Å². The van der Waals surface area contributed by atoms with Gasteiger partial charge in [-0.05, 0) is 69.0 Å². The summed E-state index contributed by atoms with van der Waals surface area (Å²) in [7, 11) is 0. The third-order valence-corrected chi connectivity index (χ3v) is 6.03. The van der Waals surface area contributed by atoms with Crippen LogP contribution in [0.1, 0.15) is 51.7 Å². The van der Waals surface area contributed by atoms with Gasteiger partial charge in [0.15, 0.2) is 11.5 Å². The molecule has 34 heavy (non-hydrogen) atoms. The zero-order valence-corrected chi connectivity index (χ0v) is 21.8. The topological polar surface area (TPSA) is 67.9 Å². The summed E-state index contributed by atoms with van der Waals surface area (Å²) < 4.78 is 11.3. The lowest BCUT2D eigenvalue weighted by atomic mass is 10.1. The van der Waals surface area contributed by atoms with E-state index in [1.165, 1.54) is 0 Å². The Labute approximate surface area is 212 Å². The number of rotatable bonds is 13. The second-order valence-corrected chi connectivity index (χ2v) is 8.70. The van der Waals surface area contributed by atoms with E-state index in [-0.39, 0.29) is 24.8 Å². The summed E-state index contributed by atoms with van der Waals surface area (Å²) in [4.78, 5) is 27.6. The van der Waals surface area contributed by atoms with Crippen LogP contribution in [0.25, 0.3) is 0 Å². The lowest BCUT2D eigenvalue weighted by Crippen LogP contribution is -2.47. The Bertz CT molecular complexity index is 968. The van der Waals surface area contributed by atoms with Crippen molar-refractivity contribution in [3.05, 3.63) is 57.6 Å². The van der Waals surface area contributed by atoms with Gasteiger partial charge >= 0.3 is 0 Å². The van der Waals surface area contributed by atoms with Gasteiger partial charge in [0.25, 0.3) is 0 Å². The number of ether oxygens (including phenoxy) is 2. The number of halogens is 2. The average Bonchev–Trinajstić information content (AvgIpc) is 2.82. The van der Waals surface area contributed by atoms with Crippen molar-refractivity contribution in [3.8, 4) is 11.5 Å². The van der Waals surface area contributed by atoms with Gasteiger partial charge in [0, 0.05) is 19.5 Å². The van der Waals surface area contributed by atoms with E-state index in [9.17, 15) is 9.59 Å². The van der Waals surface area contributed by atoms with Crippen molar-refractivity contribution in [3.63, 3.8) is 0 Å². The molecule has 0 unspecified atom stereocenters. The fraction of sp³-hybridized carbons (Fsp3) is 0.462. The molecule has 2 rings (SSSR count). The van der Waals surface area contributed by atoms with Gasteiger partial charge < -0.3 is 19.7 Å². The maximum atomic E-state index is 13.3. The third kappa shape index (κ3) is 8.10. The highest BCUT2D eigenvalue weighted by Crippen LogP contribution is 2.29. The minimum absolute atomic E-state index is 0.128. The molecule has 0 fully saturated rings. The average molecular weight is 509 g/mol. The summed E-state index contributed by atoms with van der Waals surface area (Å²) >= 11 is 12.2. The molecule has 1 atom stereocenters. The predicted octanol–water partition coefficient (Wildman–Crippen LogP) is 5.67. The predicted molar refractivity (Wildman–Crippen MR) is 137 cm³/mol. The molecule has 0 radical (unpaired) electrons. The van der Waals surface area contributed by atoms with E-state index >= 15 is 0 Å². The number of carbonyl (C=O) groups excluding carboxylic acids is 2. The molecule has 1 N–H and O–H groups in total. The van der Waals surface area contributed by atoms with Crippen LogP contribution in [0.5, 0.6) is 11.5 Å². The Morgan fingerprint density at radius 1 is 0.941 bits per heavy atom. The van der Waals surface area contributed by atoms with E-state index < -0.39 is 6.04 Å². The molecule has 0 aliphatic heterocycles. The number of carbonyl (C=O) groups is 2. The Hall–Kier alpha value is -2.44. The van der Waals surface area contributed by atoms with E-state index in [0.29, 0.717) is 47.7 Å². The summed E-state index contributed by atoms with van der Waals surface area (Å²) in [6.45, 7) is 9.43. The van der Waals surface area contributed by atoms with Crippen LogP contribution in [0.2, 0.25) is 10.0 Å². The van der Waals surface area contributed by atoms with Crippen LogP contribution in [0.3, 0.4) is 0 Å². The maximum Gasteiger partial charge on any atom is 0.242 e. The van der Waals surface area contributed by atoms with Gasteiger partial charge in [-0.2, -0.15) is 0 Å². The van der Waals surface area contributed by atoms with Gasteiger partial charge in [0.2, 0.25) is 11.8 Å². The lowest BCUT2D eigenvalue weighted by Gasteiger charge is -2.29. The number of aryl methyl sites for hydroxylation is 1. The molecule has 0 heterocycles. The van der Waals surface area contributed by atoms with Gasteiger partial charge in [-0.1, -0.05) is 42.3 Å². The SMILES string of the molecule is CCCNC(=O)[C@H](C)N(Cc1ccc(Cl)c(Cl)c1)C(=O)CCc1ccc(OCC)c(OCC)c1. The Kier molecular flexibility index (Phi) is 11.5. The Balaban J connectivity index is 2.19. The molecule has 2 aromatic rings. The molecule has 0 saturated heterocycles. The van der Waals surface area contributed by atoms with Crippen molar-refractivity contribution >= 4 is 35.0 Å². The van der Waals surface area contributed by atoms with E-state index in [2.05, 4.69) is 5.32 Å². The fourth-order valence-corrected chi connectivity index (χ4v) is 3.78. The second kappa shape index (κ2) is 14.1. The first kappa shape index (κ1) is 27.8. The number of hydrogen-bond acceptors (Lipinski definition) is 4. The molecule has 0 aliphatic rings. The van der Waals surface area contributed by atoms with Crippen LogP contribution in [0.15, 0.2) is 36.4 Å². The van der Waals surface area contributed by atoms with Crippen LogP contribution < -0.4 is 14.8 Å². The maximum absolute atomic E-state index is 13.3. The molecule has 0 saturated carbocycles. The fourth-order valence-electron chi connectivity index (χ4n) is 3.46. The standard InChI is InChI=1S/C26H34Cl2N2O4/c1-5-14-29-26(32)18(4)30(17-20-8-11-21(27)22(28)15-20)25(31)13-10-19-9-12-23(33-6-2)24(16-19)34-7-3/h8-9,11-12,15-16,18H,5-7,10,13-14,17H2,1-4H3,(H,29,32)/t18-/m0/s1. The number of hydrogen-bond donors (Lipinski definition) is 1. The number of amides is 2. The molecular formula is C26H34Cl2N2O4. The molecular weight excluding hydrogens is 475 g/mol. The van der Waals surface area contributed by atoms with Crippen molar-refractivity contribution < 1.29 is 19.1 Å². The normalized spacial score (nSPS) is 11.6. The van der Waals surface area contributed by atoms with Crippen LogP contribution in [0, 0.1) is 0 Å². The van der Waals surface area contributed by atoms with E-state index in [0.717, 1.165) is 17.5 Å². The molecule has 186 valence electrons. The minimum atomic E-state index is -0.632. The second-order valence-electron chi connectivity index (χ2n) is 7.88. The summed E-state index contributed by atoms with van der Waals surface area (Å²) in [6, 6.07) is 10.3. The zero-order chi connectivity index (χ0) is 25.1. The van der Waals surface area contributed by atoms with Crippen molar-refractivity contribution in [2.75, 3.05) is 19.8 Å². The van der Waals surface area contributed by atoms with E-state index in [4.69, 9.17) is 32.7 Å². The molecule has 6 nitrogen and oxygen atoms in total. The molecule has 0 bridgehead atoms. The van der Waals surface area contributed by atoms with Crippen LogP contribution >= 0.6 is 23.2 Å². The number of nitrogens with zero attached hydrogens (tertiary/aromatic N) is 1. The van der Waals surface area contributed by atoms with Gasteiger partial charge in [-0.3, -0.25) is 9.59 Å². The summed E-state index contributed by atoms with van der Waals surface area (Å²) in [5, 5.41) is 3.73. The largest absolute Gasteiger partial charge is 0.490 e. The first-order chi connectivity index (χ1) is 16.3. The molecule has 2 amide bonds. The molecule has 2 aromatic carbocycles.